The van der Waals surface area contributed by atoms with Crippen LogP contribution in [-0.2, 0) is 16.1 Å². The summed E-state index contributed by atoms with van der Waals surface area (Å²) in [5, 5.41) is 4.28. The van der Waals surface area contributed by atoms with E-state index in [1.165, 1.54) is 46.5 Å². The smallest absolute Gasteiger partial charge is 0.293 e. The van der Waals surface area contributed by atoms with Gasteiger partial charge in [0.15, 0.2) is 0 Å². The number of thiophene rings is 1. The third kappa shape index (κ3) is 4.42. The number of carbonyl (C=O) groups is 3. The van der Waals surface area contributed by atoms with Crippen molar-refractivity contribution in [1.29, 1.82) is 0 Å². The Bertz CT molecular complexity index is 1280. The van der Waals surface area contributed by atoms with Crippen molar-refractivity contribution in [3.63, 3.8) is 0 Å². The first-order valence-electron chi connectivity index (χ1n) is 9.13. The maximum atomic E-state index is 13.8. The zero-order chi connectivity index (χ0) is 22.0. The Hall–Kier alpha value is -3.31. The van der Waals surface area contributed by atoms with Gasteiger partial charge in [-0.3, -0.25) is 28.6 Å². The number of imide groups is 1. The Kier molecular flexibility index (Phi) is 5.96. The number of hydrogen-bond acceptors (Lipinski definition) is 7. The van der Waals surface area contributed by atoms with E-state index in [0.717, 1.165) is 16.7 Å². The summed E-state index contributed by atoms with van der Waals surface area (Å²) in [6.45, 7) is -0.249. The van der Waals surface area contributed by atoms with Crippen LogP contribution in [0.2, 0.25) is 0 Å². The molecule has 11 heteroatoms. The van der Waals surface area contributed by atoms with Crippen molar-refractivity contribution in [3.05, 3.63) is 68.7 Å². The van der Waals surface area contributed by atoms with Gasteiger partial charge in [-0.2, -0.15) is 0 Å². The molecule has 2 aromatic heterocycles. The summed E-state index contributed by atoms with van der Waals surface area (Å²) in [4.78, 5) is 55.0. The number of fused-ring (bicyclic) bond motifs is 1. The first-order chi connectivity index (χ1) is 14.9. The van der Waals surface area contributed by atoms with Gasteiger partial charge in [0.25, 0.3) is 16.7 Å². The molecule has 3 aromatic rings. The molecule has 1 aliphatic heterocycles. The summed E-state index contributed by atoms with van der Waals surface area (Å²) in [6.07, 6.45) is 2.64. The van der Waals surface area contributed by atoms with Gasteiger partial charge in [0.1, 0.15) is 17.2 Å². The fourth-order valence-electron chi connectivity index (χ4n) is 2.95. The highest BCUT2D eigenvalue weighted by Gasteiger charge is 2.34. The summed E-state index contributed by atoms with van der Waals surface area (Å²) in [5.41, 5.74) is -0.103. The standard InChI is InChI=1S/C20H15FN4O4S2/c21-14-4-2-1-3-12(14)9-15-19(28)25(20(29)31-15)7-6-22-16(26)10-24-11-23-17-13(18(24)27)5-8-30-17/h1-5,8-9,11H,6-7,10H2,(H,22,26)/b15-9-. The molecule has 1 saturated heterocycles. The van der Waals surface area contributed by atoms with E-state index in [1.807, 2.05) is 0 Å². The number of hydrogen-bond donors (Lipinski definition) is 1. The Morgan fingerprint density at radius 2 is 2.00 bits per heavy atom. The lowest BCUT2D eigenvalue weighted by molar-refractivity contribution is -0.124. The number of amides is 3. The van der Waals surface area contributed by atoms with E-state index in [1.54, 1.807) is 17.5 Å². The Labute approximate surface area is 183 Å². The van der Waals surface area contributed by atoms with Crippen LogP contribution in [0.25, 0.3) is 16.3 Å². The zero-order valence-electron chi connectivity index (χ0n) is 15.9. The molecule has 0 atom stereocenters. The monoisotopic (exact) mass is 458 g/mol. The normalized spacial score (nSPS) is 15.3. The predicted octanol–water partition coefficient (Wildman–Crippen LogP) is 2.45. The van der Waals surface area contributed by atoms with E-state index in [9.17, 15) is 23.6 Å². The van der Waals surface area contributed by atoms with Crippen LogP contribution in [-0.4, -0.2) is 44.6 Å². The highest BCUT2D eigenvalue weighted by molar-refractivity contribution is 8.18. The van der Waals surface area contributed by atoms with E-state index in [-0.39, 0.29) is 35.7 Å². The third-order valence-electron chi connectivity index (χ3n) is 4.49. The van der Waals surface area contributed by atoms with E-state index < -0.39 is 22.9 Å². The molecule has 3 amide bonds. The quantitative estimate of drug-likeness (QED) is 0.570. The van der Waals surface area contributed by atoms with E-state index in [4.69, 9.17) is 0 Å². The fraction of sp³-hybridized carbons (Fsp3) is 0.150. The molecule has 3 heterocycles. The van der Waals surface area contributed by atoms with E-state index in [2.05, 4.69) is 10.3 Å². The Balaban J connectivity index is 1.34. The summed E-state index contributed by atoms with van der Waals surface area (Å²) < 4.78 is 15.0. The molecule has 0 unspecified atom stereocenters. The predicted molar refractivity (Wildman–Crippen MR) is 116 cm³/mol. The van der Waals surface area contributed by atoms with Gasteiger partial charge in [-0.15, -0.1) is 11.3 Å². The average Bonchev–Trinajstić information content (AvgIpc) is 3.32. The van der Waals surface area contributed by atoms with Gasteiger partial charge in [0.05, 0.1) is 16.6 Å². The van der Waals surface area contributed by atoms with Gasteiger partial charge in [-0.1, -0.05) is 18.2 Å². The summed E-state index contributed by atoms with van der Waals surface area (Å²) in [7, 11) is 0. The Morgan fingerprint density at radius 1 is 1.19 bits per heavy atom. The molecule has 0 aliphatic carbocycles. The van der Waals surface area contributed by atoms with Crippen LogP contribution in [0.15, 0.2) is 51.7 Å². The molecule has 0 radical (unpaired) electrons. The molecule has 31 heavy (non-hydrogen) atoms. The molecular formula is C20H15FN4O4S2. The second-order valence-corrected chi connectivity index (χ2v) is 8.41. The largest absolute Gasteiger partial charge is 0.353 e. The number of benzene rings is 1. The number of nitrogens with one attached hydrogen (secondary N) is 1. The van der Waals surface area contributed by atoms with Gasteiger partial charge in [0.2, 0.25) is 5.91 Å². The lowest BCUT2D eigenvalue weighted by Gasteiger charge is -2.13. The van der Waals surface area contributed by atoms with E-state index in [0.29, 0.717) is 10.2 Å². The van der Waals surface area contributed by atoms with Gasteiger partial charge in [-0.25, -0.2) is 9.37 Å². The van der Waals surface area contributed by atoms with Crippen molar-refractivity contribution in [2.24, 2.45) is 0 Å². The van der Waals surface area contributed by atoms with Gasteiger partial charge < -0.3 is 5.32 Å². The van der Waals surface area contributed by atoms with E-state index >= 15 is 0 Å². The van der Waals surface area contributed by atoms with Crippen LogP contribution in [0.3, 0.4) is 0 Å². The highest BCUT2D eigenvalue weighted by atomic mass is 32.2. The molecule has 158 valence electrons. The molecule has 1 aliphatic rings. The minimum absolute atomic E-state index is 0.0206. The van der Waals surface area contributed by atoms with Crippen LogP contribution in [0.5, 0.6) is 0 Å². The molecule has 1 N–H and O–H groups in total. The number of rotatable bonds is 6. The van der Waals surface area contributed by atoms with Gasteiger partial charge in [-0.05, 0) is 35.4 Å². The lowest BCUT2D eigenvalue weighted by atomic mass is 10.2. The minimum atomic E-state index is -0.546. The molecule has 1 aromatic carbocycles. The maximum absolute atomic E-state index is 13.8. The first-order valence-corrected chi connectivity index (χ1v) is 10.8. The van der Waals surface area contributed by atoms with Crippen molar-refractivity contribution in [3.8, 4) is 0 Å². The second-order valence-electron chi connectivity index (χ2n) is 6.52. The van der Waals surface area contributed by atoms with Crippen molar-refractivity contribution >= 4 is 56.4 Å². The number of halogens is 1. The van der Waals surface area contributed by atoms with Crippen molar-refractivity contribution < 1.29 is 18.8 Å². The number of thioether (sulfide) groups is 1. The maximum Gasteiger partial charge on any atom is 0.293 e. The van der Waals surface area contributed by atoms with Crippen LogP contribution in [0.1, 0.15) is 5.56 Å². The molecule has 1 fully saturated rings. The van der Waals surface area contributed by atoms with Crippen LogP contribution in [0, 0.1) is 5.82 Å². The second kappa shape index (κ2) is 8.82. The SMILES string of the molecule is O=C(Cn1cnc2sccc2c1=O)NCCN1C(=O)S/C(=C\c2ccccc2F)C1=O. The molecule has 0 spiro atoms. The van der Waals surface area contributed by atoms with Gasteiger partial charge in [0, 0.05) is 18.7 Å². The number of carbonyl (C=O) groups excluding carboxylic acids is 3. The van der Waals surface area contributed by atoms with Crippen molar-refractivity contribution in [2.75, 3.05) is 13.1 Å². The third-order valence-corrected chi connectivity index (χ3v) is 6.22. The molecular weight excluding hydrogens is 443 g/mol. The number of aromatic nitrogens is 2. The zero-order valence-corrected chi connectivity index (χ0v) is 17.5. The van der Waals surface area contributed by atoms with Crippen molar-refractivity contribution in [2.45, 2.75) is 6.54 Å². The summed E-state index contributed by atoms with van der Waals surface area (Å²) in [5.74, 6) is -1.49. The van der Waals surface area contributed by atoms with Crippen LogP contribution < -0.4 is 10.9 Å². The molecule has 0 saturated carbocycles. The first kappa shape index (κ1) is 20.9. The lowest BCUT2D eigenvalue weighted by Crippen LogP contribution is -2.39. The summed E-state index contributed by atoms with van der Waals surface area (Å²) in [6, 6.07) is 7.59. The van der Waals surface area contributed by atoms with Crippen LogP contribution >= 0.6 is 23.1 Å². The molecule has 8 nitrogen and oxygen atoms in total. The molecule has 4 rings (SSSR count). The molecule has 0 bridgehead atoms. The Morgan fingerprint density at radius 3 is 2.81 bits per heavy atom. The van der Waals surface area contributed by atoms with Crippen molar-refractivity contribution in [1.82, 2.24) is 19.8 Å². The highest BCUT2D eigenvalue weighted by Crippen LogP contribution is 2.32. The summed E-state index contributed by atoms with van der Waals surface area (Å²) >= 11 is 2.05. The van der Waals surface area contributed by atoms with Gasteiger partial charge >= 0.3 is 0 Å². The van der Waals surface area contributed by atoms with Crippen LogP contribution in [0.4, 0.5) is 9.18 Å². The minimum Gasteiger partial charge on any atom is -0.353 e. The topological polar surface area (TPSA) is 101 Å². The fourth-order valence-corrected chi connectivity index (χ4v) is 4.53. The number of nitrogens with zero attached hydrogens (tertiary/aromatic N) is 3. The average molecular weight is 458 g/mol.